The molecule has 0 aliphatic heterocycles. The molecule has 0 radical (unpaired) electrons. The average Bonchev–Trinajstić information content (AvgIpc) is 3.61. The second-order valence-corrected chi connectivity index (χ2v) is 13.4. The largest absolute Gasteiger partial charge is 0.456 e. The molecule has 0 saturated carbocycles. The molecule has 0 atom stereocenters. The third kappa shape index (κ3) is 5.21. The summed E-state index contributed by atoms with van der Waals surface area (Å²) in [7, 11) is 0. The molecule has 1 heterocycles. The second kappa shape index (κ2) is 12.5. The van der Waals surface area contributed by atoms with Gasteiger partial charge >= 0.3 is 0 Å². The summed E-state index contributed by atoms with van der Waals surface area (Å²) in [6.45, 7) is 0. The van der Waals surface area contributed by atoms with Crippen LogP contribution >= 0.6 is 0 Å². The van der Waals surface area contributed by atoms with Gasteiger partial charge in [-0.1, -0.05) is 146 Å². The maximum absolute atomic E-state index is 6.38. The molecule has 0 saturated heterocycles. The van der Waals surface area contributed by atoms with Crippen molar-refractivity contribution in [2.75, 3.05) is 4.90 Å². The summed E-state index contributed by atoms with van der Waals surface area (Å²) in [6.07, 6.45) is 0. The van der Waals surface area contributed by atoms with E-state index in [1.807, 2.05) is 12.1 Å². The van der Waals surface area contributed by atoms with Crippen LogP contribution in [0.4, 0.5) is 17.1 Å². The first kappa shape index (κ1) is 30.0. The van der Waals surface area contributed by atoms with Crippen LogP contribution in [-0.2, 0) is 0 Å². The van der Waals surface area contributed by atoms with Gasteiger partial charge in [0.25, 0.3) is 0 Å². The Morgan fingerprint density at radius 1 is 0.327 bits per heavy atom. The zero-order valence-corrected chi connectivity index (χ0v) is 28.4. The highest BCUT2D eigenvalue weighted by Gasteiger charge is 2.22. The zero-order chi connectivity index (χ0) is 34.4. The zero-order valence-electron chi connectivity index (χ0n) is 28.4. The first-order valence-corrected chi connectivity index (χ1v) is 17.8. The number of benzene rings is 9. The highest BCUT2D eigenvalue weighted by molar-refractivity contribution is 6.14. The fraction of sp³-hybridized carbons (Fsp3) is 0. The molecule has 10 aromatic rings. The number of hydrogen-bond donors (Lipinski definition) is 0. The van der Waals surface area contributed by atoms with Gasteiger partial charge in [0.05, 0.1) is 16.8 Å². The van der Waals surface area contributed by atoms with Crippen LogP contribution in [0.5, 0.6) is 0 Å². The van der Waals surface area contributed by atoms with Crippen molar-refractivity contribution in [3.05, 3.63) is 200 Å². The van der Waals surface area contributed by atoms with Crippen molar-refractivity contribution in [1.82, 2.24) is 0 Å². The molecule has 0 fully saturated rings. The van der Waals surface area contributed by atoms with Crippen LogP contribution in [0.2, 0.25) is 0 Å². The van der Waals surface area contributed by atoms with Gasteiger partial charge in [-0.15, -0.1) is 0 Å². The van der Waals surface area contributed by atoms with Crippen molar-refractivity contribution in [2.24, 2.45) is 0 Å². The number of nitrogens with zero attached hydrogens (tertiary/aromatic N) is 1. The molecule has 244 valence electrons. The van der Waals surface area contributed by atoms with Crippen molar-refractivity contribution in [2.45, 2.75) is 0 Å². The predicted molar refractivity (Wildman–Crippen MR) is 220 cm³/mol. The standard InChI is InChI=1S/C50H33NO/c1-3-12-34(13-4-1)37-24-22-35-23-25-39(32-42(35)31-37)38-26-27-41-33-43(29-28-40(41)30-38)51(46-18-9-7-16-44(46)36-14-5-2-6-15-36)47-19-11-21-49-50(47)45-17-8-10-20-48(45)52-49/h1-33H. The van der Waals surface area contributed by atoms with E-state index in [0.29, 0.717) is 0 Å². The summed E-state index contributed by atoms with van der Waals surface area (Å²) >= 11 is 0. The first-order chi connectivity index (χ1) is 25.8. The van der Waals surface area contributed by atoms with Crippen LogP contribution < -0.4 is 4.90 Å². The minimum atomic E-state index is 0.873. The highest BCUT2D eigenvalue weighted by atomic mass is 16.3. The quantitative estimate of drug-likeness (QED) is 0.176. The molecule has 0 aliphatic carbocycles. The minimum Gasteiger partial charge on any atom is -0.456 e. The van der Waals surface area contributed by atoms with Gasteiger partial charge in [0.2, 0.25) is 0 Å². The van der Waals surface area contributed by atoms with Gasteiger partial charge in [0.15, 0.2) is 0 Å². The van der Waals surface area contributed by atoms with Gasteiger partial charge in [0, 0.05) is 16.6 Å². The van der Waals surface area contributed by atoms with Crippen LogP contribution in [0, 0.1) is 0 Å². The summed E-state index contributed by atoms with van der Waals surface area (Å²) in [4.78, 5) is 2.40. The van der Waals surface area contributed by atoms with E-state index >= 15 is 0 Å². The van der Waals surface area contributed by atoms with Gasteiger partial charge < -0.3 is 9.32 Å². The van der Waals surface area contributed by atoms with Gasteiger partial charge in [-0.2, -0.15) is 0 Å². The van der Waals surface area contributed by atoms with Crippen LogP contribution in [0.3, 0.4) is 0 Å². The minimum absolute atomic E-state index is 0.873. The number of furan rings is 1. The number of fused-ring (bicyclic) bond motifs is 5. The van der Waals surface area contributed by atoms with E-state index in [2.05, 4.69) is 193 Å². The van der Waals surface area contributed by atoms with Crippen LogP contribution in [-0.4, -0.2) is 0 Å². The molecular weight excluding hydrogens is 631 g/mol. The van der Waals surface area contributed by atoms with Gasteiger partial charge in [-0.05, 0) is 104 Å². The molecule has 0 aliphatic rings. The predicted octanol–water partition coefficient (Wildman–Crippen LogP) is 14.4. The Morgan fingerprint density at radius 2 is 0.885 bits per heavy atom. The first-order valence-electron chi connectivity index (χ1n) is 17.8. The Balaban J connectivity index is 1.11. The molecular formula is C50H33NO. The fourth-order valence-corrected chi connectivity index (χ4v) is 7.67. The number of para-hydroxylation sites is 2. The Labute approximate surface area is 302 Å². The van der Waals surface area contributed by atoms with Crippen molar-refractivity contribution < 1.29 is 4.42 Å². The molecule has 10 rings (SSSR count). The van der Waals surface area contributed by atoms with Crippen molar-refractivity contribution >= 4 is 60.5 Å². The van der Waals surface area contributed by atoms with Crippen molar-refractivity contribution in [3.63, 3.8) is 0 Å². The lowest BCUT2D eigenvalue weighted by Crippen LogP contribution is -2.11. The second-order valence-electron chi connectivity index (χ2n) is 13.4. The molecule has 52 heavy (non-hydrogen) atoms. The third-order valence-electron chi connectivity index (χ3n) is 10.2. The normalized spacial score (nSPS) is 11.5. The summed E-state index contributed by atoms with van der Waals surface area (Å²) in [5.41, 5.74) is 12.2. The van der Waals surface area contributed by atoms with E-state index in [4.69, 9.17) is 4.42 Å². The highest BCUT2D eigenvalue weighted by Crippen LogP contribution is 2.46. The monoisotopic (exact) mass is 663 g/mol. The molecule has 2 nitrogen and oxygen atoms in total. The molecule has 0 unspecified atom stereocenters. The average molecular weight is 664 g/mol. The molecule has 2 heteroatoms. The molecule has 0 amide bonds. The van der Waals surface area contributed by atoms with Gasteiger partial charge in [0.1, 0.15) is 11.2 Å². The lowest BCUT2D eigenvalue weighted by Gasteiger charge is -2.29. The van der Waals surface area contributed by atoms with Gasteiger partial charge in [-0.25, -0.2) is 0 Å². The van der Waals surface area contributed by atoms with E-state index in [0.717, 1.165) is 44.6 Å². The Hall–Kier alpha value is -6.90. The SMILES string of the molecule is c1ccc(-c2ccc3ccc(-c4ccc5cc(N(c6ccccc6-c6ccccc6)c6cccc7oc8ccccc8c67)ccc5c4)cc3c2)cc1. The summed E-state index contributed by atoms with van der Waals surface area (Å²) < 4.78 is 6.38. The van der Waals surface area contributed by atoms with Crippen molar-refractivity contribution in [1.29, 1.82) is 0 Å². The molecule has 0 N–H and O–H groups in total. The van der Waals surface area contributed by atoms with E-state index < -0.39 is 0 Å². The Bertz CT molecular complexity index is 2910. The smallest absolute Gasteiger partial charge is 0.137 e. The van der Waals surface area contributed by atoms with E-state index in [-0.39, 0.29) is 0 Å². The summed E-state index contributed by atoms with van der Waals surface area (Å²) in [5.74, 6) is 0. The molecule has 0 bridgehead atoms. The molecule has 9 aromatic carbocycles. The van der Waals surface area contributed by atoms with Crippen LogP contribution in [0.25, 0.3) is 76.9 Å². The maximum atomic E-state index is 6.38. The van der Waals surface area contributed by atoms with Crippen molar-refractivity contribution in [3.8, 4) is 33.4 Å². The molecule has 1 aromatic heterocycles. The lowest BCUT2D eigenvalue weighted by atomic mass is 9.96. The van der Waals surface area contributed by atoms with E-state index in [1.54, 1.807) is 0 Å². The number of rotatable bonds is 6. The Morgan fingerprint density at radius 3 is 1.67 bits per heavy atom. The third-order valence-corrected chi connectivity index (χ3v) is 10.2. The maximum Gasteiger partial charge on any atom is 0.137 e. The number of hydrogen-bond acceptors (Lipinski definition) is 2. The van der Waals surface area contributed by atoms with E-state index in [9.17, 15) is 0 Å². The Kier molecular flexibility index (Phi) is 7.18. The van der Waals surface area contributed by atoms with Crippen LogP contribution in [0.15, 0.2) is 205 Å². The van der Waals surface area contributed by atoms with Crippen LogP contribution in [0.1, 0.15) is 0 Å². The number of anilines is 3. The summed E-state index contributed by atoms with van der Waals surface area (Å²) in [5, 5.41) is 7.06. The lowest BCUT2D eigenvalue weighted by molar-refractivity contribution is 0.669. The van der Waals surface area contributed by atoms with Gasteiger partial charge in [-0.3, -0.25) is 0 Å². The topological polar surface area (TPSA) is 16.4 Å². The van der Waals surface area contributed by atoms with E-state index in [1.165, 1.54) is 49.4 Å². The molecule has 0 spiro atoms. The summed E-state index contributed by atoms with van der Waals surface area (Å²) in [6, 6.07) is 71.8. The fourth-order valence-electron chi connectivity index (χ4n) is 7.67.